The monoisotopic (exact) mass is 422 g/mol. The third-order valence-electron chi connectivity index (χ3n) is 4.29. The first-order valence-electron chi connectivity index (χ1n) is 8.98. The summed E-state index contributed by atoms with van der Waals surface area (Å²) in [5.41, 5.74) is 1.68. The SMILES string of the molecule is COc1ccc(-n2nc(C(=O)Nc3cccc(F)c3)nc2-c2cccc(Cl)c2)cc1. The standard InChI is InChI=1S/C22H16ClFN4O2/c1-30-19-10-8-18(9-11-19)28-21(14-4-2-5-15(23)12-14)26-20(27-28)22(29)25-17-7-3-6-16(24)13-17/h2-13H,1H3,(H,25,29). The Morgan fingerprint density at radius 1 is 1.07 bits per heavy atom. The molecule has 4 aromatic rings. The van der Waals surface area contributed by atoms with Crippen LogP contribution in [0.1, 0.15) is 10.6 Å². The van der Waals surface area contributed by atoms with Crippen molar-refractivity contribution in [1.29, 1.82) is 0 Å². The number of nitrogens with one attached hydrogen (secondary N) is 1. The molecule has 1 N–H and O–H groups in total. The maximum Gasteiger partial charge on any atom is 0.295 e. The van der Waals surface area contributed by atoms with E-state index in [2.05, 4.69) is 15.4 Å². The van der Waals surface area contributed by atoms with E-state index in [1.165, 1.54) is 18.2 Å². The average Bonchev–Trinajstić information content (AvgIpc) is 3.19. The number of ether oxygens (including phenoxy) is 1. The first kappa shape index (κ1) is 19.6. The molecule has 8 heteroatoms. The summed E-state index contributed by atoms with van der Waals surface area (Å²) in [6.07, 6.45) is 0. The molecule has 0 bridgehead atoms. The number of carbonyl (C=O) groups excluding carboxylic acids is 1. The van der Waals surface area contributed by atoms with Gasteiger partial charge in [0, 0.05) is 16.3 Å². The molecule has 1 heterocycles. The van der Waals surface area contributed by atoms with E-state index in [0.29, 0.717) is 33.5 Å². The van der Waals surface area contributed by atoms with E-state index in [1.54, 1.807) is 60.3 Å². The van der Waals surface area contributed by atoms with Crippen LogP contribution in [0.25, 0.3) is 17.1 Å². The second-order valence-corrected chi connectivity index (χ2v) is 6.78. The van der Waals surface area contributed by atoms with Crippen LogP contribution >= 0.6 is 11.6 Å². The molecule has 0 aliphatic rings. The van der Waals surface area contributed by atoms with Gasteiger partial charge in [-0.2, -0.15) is 0 Å². The van der Waals surface area contributed by atoms with Crippen molar-refractivity contribution in [2.75, 3.05) is 12.4 Å². The number of methoxy groups -OCH3 is 1. The van der Waals surface area contributed by atoms with Crippen molar-refractivity contribution in [2.24, 2.45) is 0 Å². The lowest BCUT2D eigenvalue weighted by Gasteiger charge is -2.07. The molecule has 0 radical (unpaired) electrons. The van der Waals surface area contributed by atoms with E-state index in [4.69, 9.17) is 16.3 Å². The van der Waals surface area contributed by atoms with Gasteiger partial charge in [0.25, 0.3) is 5.91 Å². The summed E-state index contributed by atoms with van der Waals surface area (Å²) in [5.74, 6) is 0.0460. The lowest BCUT2D eigenvalue weighted by Crippen LogP contribution is -2.14. The molecule has 0 fully saturated rings. The van der Waals surface area contributed by atoms with Crippen LogP contribution in [0.15, 0.2) is 72.8 Å². The van der Waals surface area contributed by atoms with Crippen LogP contribution in [0.5, 0.6) is 5.75 Å². The van der Waals surface area contributed by atoms with Gasteiger partial charge in [-0.1, -0.05) is 29.8 Å². The average molecular weight is 423 g/mol. The summed E-state index contributed by atoms with van der Waals surface area (Å²) in [6, 6.07) is 19.9. The second kappa shape index (κ2) is 8.34. The van der Waals surface area contributed by atoms with Gasteiger partial charge in [0.05, 0.1) is 12.8 Å². The molecule has 150 valence electrons. The minimum Gasteiger partial charge on any atom is -0.497 e. The van der Waals surface area contributed by atoms with Crippen molar-refractivity contribution in [1.82, 2.24) is 14.8 Å². The Morgan fingerprint density at radius 3 is 2.53 bits per heavy atom. The summed E-state index contributed by atoms with van der Waals surface area (Å²) >= 11 is 6.14. The van der Waals surface area contributed by atoms with Crippen LogP contribution in [-0.2, 0) is 0 Å². The zero-order valence-corrected chi connectivity index (χ0v) is 16.6. The zero-order valence-electron chi connectivity index (χ0n) is 15.8. The maximum atomic E-state index is 13.4. The highest BCUT2D eigenvalue weighted by Crippen LogP contribution is 2.25. The zero-order chi connectivity index (χ0) is 21.1. The van der Waals surface area contributed by atoms with Gasteiger partial charge in [-0.05, 0) is 54.6 Å². The number of hydrogen-bond donors (Lipinski definition) is 1. The normalized spacial score (nSPS) is 10.6. The molecule has 30 heavy (non-hydrogen) atoms. The fraction of sp³-hybridized carbons (Fsp3) is 0.0455. The van der Waals surface area contributed by atoms with Crippen LogP contribution < -0.4 is 10.1 Å². The third kappa shape index (κ3) is 4.16. The number of amides is 1. The molecule has 0 atom stereocenters. The Morgan fingerprint density at radius 2 is 1.83 bits per heavy atom. The van der Waals surface area contributed by atoms with Gasteiger partial charge in [-0.3, -0.25) is 4.79 Å². The summed E-state index contributed by atoms with van der Waals surface area (Å²) in [6.45, 7) is 0. The van der Waals surface area contributed by atoms with E-state index in [1.807, 2.05) is 6.07 Å². The summed E-state index contributed by atoms with van der Waals surface area (Å²) in [4.78, 5) is 17.1. The molecule has 0 aliphatic heterocycles. The molecule has 4 rings (SSSR count). The minimum absolute atomic E-state index is 0.0648. The first-order chi connectivity index (χ1) is 14.5. The van der Waals surface area contributed by atoms with Crippen molar-refractivity contribution in [2.45, 2.75) is 0 Å². The van der Waals surface area contributed by atoms with Crippen LogP contribution in [-0.4, -0.2) is 27.8 Å². The van der Waals surface area contributed by atoms with E-state index >= 15 is 0 Å². The van der Waals surface area contributed by atoms with E-state index in [0.717, 1.165) is 0 Å². The molecule has 6 nitrogen and oxygen atoms in total. The van der Waals surface area contributed by atoms with Crippen LogP contribution in [0.4, 0.5) is 10.1 Å². The van der Waals surface area contributed by atoms with Gasteiger partial charge in [0.2, 0.25) is 5.82 Å². The van der Waals surface area contributed by atoms with Crippen LogP contribution in [0.2, 0.25) is 5.02 Å². The number of anilines is 1. The fourth-order valence-electron chi connectivity index (χ4n) is 2.88. The van der Waals surface area contributed by atoms with Crippen molar-refractivity contribution in [3.63, 3.8) is 0 Å². The van der Waals surface area contributed by atoms with E-state index < -0.39 is 11.7 Å². The Hall–Kier alpha value is -3.71. The summed E-state index contributed by atoms with van der Waals surface area (Å²) in [5, 5.41) is 7.52. The molecule has 0 saturated carbocycles. The lowest BCUT2D eigenvalue weighted by molar-refractivity contribution is 0.101. The molecular formula is C22H16ClFN4O2. The third-order valence-corrected chi connectivity index (χ3v) is 4.53. The van der Waals surface area contributed by atoms with Crippen LogP contribution in [0.3, 0.4) is 0 Å². The van der Waals surface area contributed by atoms with Crippen molar-refractivity contribution in [3.8, 4) is 22.8 Å². The van der Waals surface area contributed by atoms with Gasteiger partial charge in [0.1, 0.15) is 11.6 Å². The molecule has 0 unspecified atom stereocenters. The highest BCUT2D eigenvalue weighted by molar-refractivity contribution is 6.30. The molecular weight excluding hydrogens is 407 g/mol. The Labute approximate surface area is 176 Å². The van der Waals surface area contributed by atoms with Crippen LogP contribution in [0, 0.1) is 5.82 Å². The largest absolute Gasteiger partial charge is 0.497 e. The number of aromatic nitrogens is 3. The van der Waals surface area contributed by atoms with Crippen molar-refractivity contribution >= 4 is 23.2 Å². The molecule has 0 spiro atoms. The Kier molecular flexibility index (Phi) is 5.45. The maximum absolute atomic E-state index is 13.4. The van der Waals surface area contributed by atoms with Gasteiger partial charge >= 0.3 is 0 Å². The fourth-order valence-corrected chi connectivity index (χ4v) is 3.07. The molecule has 0 aliphatic carbocycles. The minimum atomic E-state index is -0.559. The van der Waals surface area contributed by atoms with E-state index in [-0.39, 0.29) is 5.82 Å². The number of benzene rings is 3. The van der Waals surface area contributed by atoms with Gasteiger partial charge in [-0.15, -0.1) is 5.10 Å². The van der Waals surface area contributed by atoms with Gasteiger partial charge < -0.3 is 10.1 Å². The predicted octanol–water partition coefficient (Wildman–Crippen LogP) is 4.99. The topological polar surface area (TPSA) is 69.0 Å². The second-order valence-electron chi connectivity index (χ2n) is 6.34. The number of halogens is 2. The van der Waals surface area contributed by atoms with Gasteiger partial charge in [-0.25, -0.2) is 14.1 Å². The molecule has 0 saturated heterocycles. The Balaban J connectivity index is 1.75. The van der Waals surface area contributed by atoms with E-state index in [9.17, 15) is 9.18 Å². The number of carbonyl (C=O) groups is 1. The number of rotatable bonds is 5. The molecule has 1 amide bonds. The number of nitrogens with zero attached hydrogens (tertiary/aromatic N) is 3. The Bertz CT molecular complexity index is 1210. The quantitative estimate of drug-likeness (QED) is 0.492. The lowest BCUT2D eigenvalue weighted by atomic mass is 10.2. The van der Waals surface area contributed by atoms with Gasteiger partial charge in [0.15, 0.2) is 5.82 Å². The summed E-state index contributed by atoms with van der Waals surface area (Å²) < 4.78 is 20.2. The smallest absolute Gasteiger partial charge is 0.295 e. The highest BCUT2D eigenvalue weighted by Gasteiger charge is 2.19. The predicted molar refractivity (Wildman–Crippen MR) is 113 cm³/mol. The van der Waals surface area contributed by atoms with Crippen molar-refractivity contribution < 1.29 is 13.9 Å². The number of hydrogen-bond acceptors (Lipinski definition) is 4. The summed E-state index contributed by atoms with van der Waals surface area (Å²) in [7, 11) is 1.58. The first-order valence-corrected chi connectivity index (χ1v) is 9.35. The highest BCUT2D eigenvalue weighted by atomic mass is 35.5. The van der Waals surface area contributed by atoms with Crippen molar-refractivity contribution in [3.05, 3.63) is 89.5 Å². The molecule has 3 aromatic carbocycles. The molecule has 1 aromatic heterocycles.